The Morgan fingerprint density at radius 3 is 2.46 bits per heavy atom. The maximum Gasteiger partial charge on any atom is 0.241 e. The fraction of sp³-hybridized carbons (Fsp3) is 0.350. The number of aryl methyl sites for hydroxylation is 1. The van der Waals surface area contributed by atoms with Crippen LogP contribution in [0.2, 0.25) is 0 Å². The Hall–Kier alpha value is -2.74. The number of hydrogen-bond donors (Lipinski definition) is 1. The van der Waals surface area contributed by atoms with Gasteiger partial charge in [-0.1, -0.05) is 36.8 Å². The summed E-state index contributed by atoms with van der Waals surface area (Å²) in [5.74, 6) is 0.625. The smallest absolute Gasteiger partial charge is 0.241 e. The van der Waals surface area contributed by atoms with Crippen LogP contribution in [0, 0.1) is 6.92 Å². The molecule has 1 atom stereocenters. The van der Waals surface area contributed by atoms with E-state index < -0.39 is 10.0 Å². The maximum atomic E-state index is 12.6. The Bertz CT molecular complexity index is 957. The van der Waals surface area contributed by atoms with Crippen LogP contribution in [0.5, 0.6) is 11.5 Å². The van der Waals surface area contributed by atoms with Gasteiger partial charge in [-0.05, 0) is 31.0 Å². The lowest BCUT2D eigenvalue weighted by atomic mass is 10.0. The van der Waals surface area contributed by atoms with Gasteiger partial charge in [0.1, 0.15) is 6.54 Å². The van der Waals surface area contributed by atoms with E-state index >= 15 is 0 Å². The fourth-order valence-electron chi connectivity index (χ4n) is 3.03. The number of nitrogens with zero attached hydrogens (tertiary/aromatic N) is 1. The Balaban J connectivity index is 1.77. The quantitative estimate of drug-likeness (QED) is 0.767. The SMILES string of the molecule is CC[C@@H](NC(=O)CN(c1ccc2c(c1)OCO2)S(C)(=O)=O)c1ccc(C)cc1. The van der Waals surface area contributed by atoms with Crippen molar-refractivity contribution in [3.63, 3.8) is 0 Å². The number of sulfonamides is 1. The Kier molecular flexibility index (Phi) is 5.79. The number of ether oxygens (including phenoxy) is 2. The molecule has 8 heteroatoms. The molecule has 0 spiro atoms. The van der Waals surface area contributed by atoms with Gasteiger partial charge < -0.3 is 14.8 Å². The number of anilines is 1. The van der Waals surface area contributed by atoms with Gasteiger partial charge in [-0.15, -0.1) is 0 Å². The molecule has 0 saturated heterocycles. The number of carbonyl (C=O) groups is 1. The number of carbonyl (C=O) groups excluding carboxylic acids is 1. The molecular formula is C20H24N2O5S. The number of nitrogens with one attached hydrogen (secondary N) is 1. The average molecular weight is 404 g/mol. The van der Waals surface area contributed by atoms with Crippen molar-refractivity contribution in [3.8, 4) is 11.5 Å². The highest BCUT2D eigenvalue weighted by Crippen LogP contribution is 2.36. The van der Waals surface area contributed by atoms with E-state index in [1.54, 1.807) is 18.2 Å². The topological polar surface area (TPSA) is 84.9 Å². The van der Waals surface area contributed by atoms with E-state index in [1.807, 2.05) is 38.1 Å². The van der Waals surface area contributed by atoms with Crippen molar-refractivity contribution < 1.29 is 22.7 Å². The van der Waals surface area contributed by atoms with Crippen molar-refractivity contribution in [2.24, 2.45) is 0 Å². The first kappa shape index (κ1) is 20.0. The largest absolute Gasteiger partial charge is 0.454 e. The number of fused-ring (bicyclic) bond motifs is 1. The average Bonchev–Trinajstić information content (AvgIpc) is 3.12. The van der Waals surface area contributed by atoms with Crippen LogP contribution in [0.1, 0.15) is 30.5 Å². The molecule has 0 unspecified atom stereocenters. The van der Waals surface area contributed by atoms with Crippen molar-refractivity contribution in [1.82, 2.24) is 5.32 Å². The highest BCUT2D eigenvalue weighted by atomic mass is 32.2. The van der Waals surface area contributed by atoms with Crippen LogP contribution in [-0.4, -0.2) is 33.9 Å². The summed E-state index contributed by atoms with van der Waals surface area (Å²) in [6.07, 6.45) is 1.76. The second kappa shape index (κ2) is 8.10. The molecule has 0 saturated carbocycles. The third-order valence-electron chi connectivity index (χ3n) is 4.55. The number of hydrogen-bond acceptors (Lipinski definition) is 5. The predicted molar refractivity (Wildman–Crippen MR) is 107 cm³/mol. The summed E-state index contributed by atoms with van der Waals surface area (Å²) in [6.45, 7) is 3.74. The van der Waals surface area contributed by atoms with Crippen molar-refractivity contribution in [2.75, 3.05) is 23.9 Å². The van der Waals surface area contributed by atoms with Gasteiger partial charge in [-0.3, -0.25) is 9.10 Å². The number of benzene rings is 2. The van der Waals surface area contributed by atoms with Crippen LogP contribution in [0.3, 0.4) is 0 Å². The Morgan fingerprint density at radius 2 is 1.82 bits per heavy atom. The first-order chi connectivity index (χ1) is 13.3. The first-order valence-corrected chi connectivity index (χ1v) is 10.9. The van der Waals surface area contributed by atoms with Crippen molar-refractivity contribution in [3.05, 3.63) is 53.6 Å². The van der Waals surface area contributed by atoms with E-state index in [4.69, 9.17) is 9.47 Å². The van der Waals surface area contributed by atoms with E-state index in [0.29, 0.717) is 23.6 Å². The van der Waals surface area contributed by atoms with Gasteiger partial charge >= 0.3 is 0 Å². The van der Waals surface area contributed by atoms with Crippen LogP contribution in [0.15, 0.2) is 42.5 Å². The van der Waals surface area contributed by atoms with Gasteiger partial charge in [0.25, 0.3) is 0 Å². The molecule has 0 aliphatic carbocycles. The highest BCUT2D eigenvalue weighted by molar-refractivity contribution is 7.92. The van der Waals surface area contributed by atoms with E-state index in [1.165, 1.54) is 0 Å². The molecule has 28 heavy (non-hydrogen) atoms. The molecule has 2 aromatic rings. The lowest BCUT2D eigenvalue weighted by Crippen LogP contribution is -2.41. The van der Waals surface area contributed by atoms with Gasteiger partial charge in [0.05, 0.1) is 18.0 Å². The minimum Gasteiger partial charge on any atom is -0.454 e. The summed E-state index contributed by atoms with van der Waals surface area (Å²) in [5.41, 5.74) is 2.47. The lowest BCUT2D eigenvalue weighted by molar-refractivity contribution is -0.120. The molecule has 0 fully saturated rings. The monoisotopic (exact) mass is 404 g/mol. The van der Waals surface area contributed by atoms with Gasteiger partial charge in [-0.2, -0.15) is 0 Å². The molecule has 7 nitrogen and oxygen atoms in total. The van der Waals surface area contributed by atoms with E-state index in [0.717, 1.165) is 21.7 Å². The standard InChI is InChI=1S/C20H24N2O5S/c1-4-17(15-7-5-14(2)6-8-15)21-20(23)12-22(28(3,24)25)16-9-10-18-19(11-16)27-13-26-18/h5-11,17H,4,12-13H2,1-3H3,(H,21,23)/t17-/m1/s1. The third kappa shape index (κ3) is 4.56. The molecular weight excluding hydrogens is 380 g/mol. The molecule has 0 radical (unpaired) electrons. The summed E-state index contributed by atoms with van der Waals surface area (Å²) < 4.78 is 36.2. The number of rotatable bonds is 7. The van der Waals surface area contributed by atoms with Crippen molar-refractivity contribution >= 4 is 21.6 Å². The molecule has 0 bridgehead atoms. The molecule has 1 aliphatic heterocycles. The van der Waals surface area contributed by atoms with Crippen molar-refractivity contribution in [1.29, 1.82) is 0 Å². The van der Waals surface area contributed by atoms with Crippen molar-refractivity contribution in [2.45, 2.75) is 26.3 Å². The molecule has 1 aliphatic rings. The van der Waals surface area contributed by atoms with Crippen LogP contribution in [0.4, 0.5) is 5.69 Å². The predicted octanol–water partition coefficient (Wildman–Crippen LogP) is 2.76. The zero-order valence-corrected chi connectivity index (χ0v) is 17.0. The second-order valence-electron chi connectivity index (χ2n) is 6.75. The van der Waals surface area contributed by atoms with Crippen LogP contribution >= 0.6 is 0 Å². The molecule has 1 amide bonds. The summed E-state index contributed by atoms with van der Waals surface area (Å²) in [7, 11) is -3.67. The lowest BCUT2D eigenvalue weighted by Gasteiger charge is -2.24. The zero-order chi connectivity index (χ0) is 20.3. The summed E-state index contributed by atoms with van der Waals surface area (Å²) in [6, 6.07) is 12.5. The molecule has 0 aromatic heterocycles. The number of amides is 1. The van der Waals surface area contributed by atoms with Crippen LogP contribution in [0.25, 0.3) is 0 Å². The molecule has 1 heterocycles. The van der Waals surface area contributed by atoms with E-state index in [9.17, 15) is 13.2 Å². The molecule has 3 rings (SSSR count). The normalized spacial score (nSPS) is 13.8. The third-order valence-corrected chi connectivity index (χ3v) is 5.70. The maximum absolute atomic E-state index is 12.6. The Morgan fingerprint density at radius 1 is 1.14 bits per heavy atom. The summed E-state index contributed by atoms with van der Waals surface area (Å²) in [5, 5.41) is 2.93. The molecule has 150 valence electrons. The fourth-order valence-corrected chi connectivity index (χ4v) is 3.88. The van der Waals surface area contributed by atoms with Gasteiger partial charge in [0, 0.05) is 6.07 Å². The van der Waals surface area contributed by atoms with Crippen LogP contribution in [-0.2, 0) is 14.8 Å². The zero-order valence-electron chi connectivity index (χ0n) is 16.1. The van der Waals surface area contributed by atoms with E-state index in [-0.39, 0.29) is 25.3 Å². The summed E-state index contributed by atoms with van der Waals surface area (Å²) >= 11 is 0. The van der Waals surface area contributed by atoms with Gasteiger partial charge in [-0.25, -0.2) is 8.42 Å². The van der Waals surface area contributed by atoms with E-state index in [2.05, 4.69) is 5.32 Å². The minimum atomic E-state index is -3.67. The Labute approximate surface area is 165 Å². The first-order valence-electron chi connectivity index (χ1n) is 9.01. The second-order valence-corrected chi connectivity index (χ2v) is 8.65. The van der Waals surface area contributed by atoms with Gasteiger partial charge in [0.15, 0.2) is 11.5 Å². The highest BCUT2D eigenvalue weighted by Gasteiger charge is 2.24. The molecule has 2 aromatic carbocycles. The molecule has 1 N–H and O–H groups in total. The van der Waals surface area contributed by atoms with Crippen LogP contribution < -0.4 is 19.1 Å². The van der Waals surface area contributed by atoms with Gasteiger partial charge in [0.2, 0.25) is 22.7 Å². The summed E-state index contributed by atoms with van der Waals surface area (Å²) in [4.78, 5) is 12.6. The minimum absolute atomic E-state index is 0.0902.